The molecule has 2 aromatic heterocycles. The fraction of sp³-hybridized carbons (Fsp3) is 0.368. The lowest BCUT2D eigenvalue weighted by atomic mass is 9.92. The molecule has 0 atom stereocenters. The number of hydrogen-bond donors (Lipinski definition) is 1. The van der Waals surface area contributed by atoms with E-state index in [4.69, 9.17) is 9.47 Å². The van der Waals surface area contributed by atoms with Crippen LogP contribution in [0.3, 0.4) is 0 Å². The van der Waals surface area contributed by atoms with E-state index in [2.05, 4.69) is 20.3 Å². The molecule has 1 aliphatic carbocycles. The topological polar surface area (TPSA) is 86.2 Å². The van der Waals surface area contributed by atoms with Crippen molar-refractivity contribution in [2.75, 3.05) is 7.11 Å². The second kappa shape index (κ2) is 7.87. The zero-order chi connectivity index (χ0) is 18.6. The van der Waals surface area contributed by atoms with Gasteiger partial charge in [0, 0.05) is 11.6 Å². The van der Waals surface area contributed by atoms with E-state index < -0.39 is 0 Å². The van der Waals surface area contributed by atoms with E-state index in [1.54, 1.807) is 36.4 Å². The highest BCUT2D eigenvalue weighted by Gasteiger charge is 2.24. The second-order valence-electron chi connectivity index (χ2n) is 6.50. The molecular formula is C19H20N4O3S. The first kappa shape index (κ1) is 17.7. The van der Waals surface area contributed by atoms with Crippen molar-refractivity contribution in [3.63, 3.8) is 0 Å². The quantitative estimate of drug-likeness (QED) is 0.727. The summed E-state index contributed by atoms with van der Waals surface area (Å²) in [6.45, 7) is 0. The minimum atomic E-state index is -0.0340. The van der Waals surface area contributed by atoms with Gasteiger partial charge in [-0.3, -0.25) is 9.78 Å². The third-order valence-electron chi connectivity index (χ3n) is 4.69. The molecule has 1 amide bonds. The Bertz CT molecular complexity index is 937. The molecule has 0 radical (unpaired) electrons. The molecule has 0 bridgehead atoms. The summed E-state index contributed by atoms with van der Waals surface area (Å²) in [5, 5.41) is 3.14. The van der Waals surface area contributed by atoms with Crippen LogP contribution < -0.4 is 14.8 Å². The number of hydrogen-bond acceptors (Lipinski definition) is 7. The van der Waals surface area contributed by atoms with Crippen LogP contribution in [0.5, 0.6) is 11.8 Å². The number of ether oxygens (including phenoxy) is 2. The molecule has 2 heterocycles. The Kier molecular flexibility index (Phi) is 5.15. The van der Waals surface area contributed by atoms with Crippen LogP contribution in [0.1, 0.15) is 36.0 Å². The Morgan fingerprint density at radius 1 is 1.19 bits per heavy atom. The largest absolute Gasteiger partial charge is 0.480 e. The number of carbonyl (C=O) groups is 1. The SMILES string of the molecule is COc1cncc(OC2CCC(NC(=O)c3ccc4ncsc4c3)CC2)n1. The molecule has 1 aliphatic rings. The molecule has 1 fully saturated rings. The Labute approximate surface area is 160 Å². The Morgan fingerprint density at radius 2 is 2.00 bits per heavy atom. The summed E-state index contributed by atoms with van der Waals surface area (Å²) in [4.78, 5) is 25.1. The van der Waals surface area contributed by atoms with E-state index in [0.29, 0.717) is 17.3 Å². The number of rotatable bonds is 5. The van der Waals surface area contributed by atoms with Crippen LogP contribution in [0.2, 0.25) is 0 Å². The highest BCUT2D eigenvalue weighted by Crippen LogP contribution is 2.24. The van der Waals surface area contributed by atoms with Crippen LogP contribution in [0.25, 0.3) is 10.2 Å². The number of amides is 1. The van der Waals surface area contributed by atoms with Crippen molar-refractivity contribution in [3.05, 3.63) is 41.7 Å². The number of nitrogens with zero attached hydrogens (tertiary/aromatic N) is 3. The van der Waals surface area contributed by atoms with E-state index in [1.165, 1.54) is 0 Å². The number of thiazole rings is 1. The molecule has 0 spiro atoms. The van der Waals surface area contributed by atoms with Gasteiger partial charge in [0.15, 0.2) is 0 Å². The first-order valence-electron chi connectivity index (χ1n) is 8.88. The third-order valence-corrected chi connectivity index (χ3v) is 5.48. The van der Waals surface area contributed by atoms with Crippen molar-refractivity contribution in [2.45, 2.75) is 37.8 Å². The average molecular weight is 384 g/mol. The molecule has 0 saturated heterocycles. The van der Waals surface area contributed by atoms with Crippen molar-refractivity contribution in [2.24, 2.45) is 0 Å². The number of methoxy groups -OCH3 is 1. The highest BCUT2D eigenvalue weighted by molar-refractivity contribution is 7.16. The van der Waals surface area contributed by atoms with Gasteiger partial charge in [0.05, 0.1) is 35.2 Å². The normalized spacial score (nSPS) is 19.6. The lowest BCUT2D eigenvalue weighted by Gasteiger charge is -2.29. The van der Waals surface area contributed by atoms with Crippen LogP contribution in [0.15, 0.2) is 36.1 Å². The van der Waals surface area contributed by atoms with Gasteiger partial charge in [-0.1, -0.05) is 0 Å². The highest BCUT2D eigenvalue weighted by atomic mass is 32.1. The smallest absolute Gasteiger partial charge is 0.251 e. The second-order valence-corrected chi connectivity index (χ2v) is 7.39. The molecular weight excluding hydrogens is 364 g/mol. The standard InChI is InChI=1S/C19H20N4O3S/c1-25-17-9-20-10-18(23-17)26-14-5-3-13(4-6-14)22-19(24)12-2-7-15-16(8-12)27-11-21-15/h2,7-11,13-14H,3-6H2,1H3,(H,22,24). The summed E-state index contributed by atoms with van der Waals surface area (Å²) in [5.41, 5.74) is 3.40. The maximum atomic E-state index is 12.5. The maximum absolute atomic E-state index is 12.5. The summed E-state index contributed by atoms with van der Waals surface area (Å²) >= 11 is 1.54. The molecule has 3 aromatic rings. The van der Waals surface area contributed by atoms with Crippen LogP contribution in [-0.4, -0.2) is 40.1 Å². The van der Waals surface area contributed by atoms with E-state index in [1.807, 2.05) is 18.2 Å². The van der Waals surface area contributed by atoms with Gasteiger partial charge in [0.2, 0.25) is 11.8 Å². The first-order chi connectivity index (χ1) is 13.2. The summed E-state index contributed by atoms with van der Waals surface area (Å²) in [6.07, 6.45) is 6.67. The molecule has 7 nitrogen and oxygen atoms in total. The van der Waals surface area contributed by atoms with E-state index in [0.717, 1.165) is 35.9 Å². The zero-order valence-electron chi connectivity index (χ0n) is 14.9. The zero-order valence-corrected chi connectivity index (χ0v) is 15.7. The fourth-order valence-electron chi connectivity index (χ4n) is 3.25. The lowest BCUT2D eigenvalue weighted by molar-refractivity contribution is 0.0889. The fourth-order valence-corrected chi connectivity index (χ4v) is 3.96. The van der Waals surface area contributed by atoms with Gasteiger partial charge in [0.1, 0.15) is 6.10 Å². The van der Waals surface area contributed by atoms with Gasteiger partial charge >= 0.3 is 0 Å². The van der Waals surface area contributed by atoms with Gasteiger partial charge in [-0.25, -0.2) is 4.98 Å². The molecule has 0 unspecified atom stereocenters. The van der Waals surface area contributed by atoms with Crippen LogP contribution in [-0.2, 0) is 0 Å². The molecule has 1 aromatic carbocycles. The Balaban J connectivity index is 1.30. The summed E-state index contributed by atoms with van der Waals surface area (Å²) in [5.74, 6) is 0.874. The van der Waals surface area contributed by atoms with E-state index >= 15 is 0 Å². The Morgan fingerprint density at radius 3 is 2.81 bits per heavy atom. The predicted octanol–water partition coefficient (Wildman–Crippen LogP) is 3.21. The first-order valence-corrected chi connectivity index (χ1v) is 9.76. The van der Waals surface area contributed by atoms with E-state index in [9.17, 15) is 4.79 Å². The van der Waals surface area contributed by atoms with Crippen LogP contribution >= 0.6 is 11.3 Å². The molecule has 4 rings (SSSR count). The van der Waals surface area contributed by atoms with Gasteiger partial charge in [0.25, 0.3) is 5.91 Å². The number of nitrogens with one attached hydrogen (secondary N) is 1. The number of fused-ring (bicyclic) bond motifs is 1. The minimum Gasteiger partial charge on any atom is -0.480 e. The predicted molar refractivity (Wildman–Crippen MR) is 102 cm³/mol. The number of carbonyl (C=O) groups excluding carboxylic acids is 1. The van der Waals surface area contributed by atoms with Crippen LogP contribution in [0, 0.1) is 0 Å². The Hall–Kier alpha value is -2.74. The summed E-state index contributed by atoms with van der Waals surface area (Å²) in [7, 11) is 1.55. The molecule has 1 N–H and O–H groups in total. The lowest BCUT2D eigenvalue weighted by Crippen LogP contribution is -2.39. The molecule has 0 aliphatic heterocycles. The van der Waals surface area contributed by atoms with E-state index in [-0.39, 0.29) is 18.1 Å². The molecule has 27 heavy (non-hydrogen) atoms. The number of benzene rings is 1. The van der Waals surface area contributed by atoms with Crippen molar-refractivity contribution >= 4 is 27.5 Å². The molecule has 8 heteroatoms. The molecule has 1 saturated carbocycles. The van der Waals surface area contributed by atoms with Crippen LogP contribution in [0.4, 0.5) is 0 Å². The van der Waals surface area contributed by atoms with Crippen molar-refractivity contribution in [3.8, 4) is 11.8 Å². The van der Waals surface area contributed by atoms with Gasteiger partial charge < -0.3 is 14.8 Å². The third kappa shape index (κ3) is 4.16. The minimum absolute atomic E-state index is 0.0340. The van der Waals surface area contributed by atoms with Gasteiger partial charge in [-0.15, -0.1) is 11.3 Å². The number of aromatic nitrogens is 3. The van der Waals surface area contributed by atoms with Gasteiger partial charge in [-0.05, 0) is 43.9 Å². The summed E-state index contributed by atoms with van der Waals surface area (Å²) in [6, 6.07) is 5.78. The summed E-state index contributed by atoms with van der Waals surface area (Å²) < 4.78 is 12.0. The average Bonchev–Trinajstić information content (AvgIpc) is 3.17. The van der Waals surface area contributed by atoms with Crippen molar-refractivity contribution in [1.82, 2.24) is 20.3 Å². The van der Waals surface area contributed by atoms with Crippen molar-refractivity contribution in [1.29, 1.82) is 0 Å². The maximum Gasteiger partial charge on any atom is 0.251 e. The molecule has 140 valence electrons. The van der Waals surface area contributed by atoms with Gasteiger partial charge in [-0.2, -0.15) is 4.98 Å². The van der Waals surface area contributed by atoms with Crippen molar-refractivity contribution < 1.29 is 14.3 Å². The monoisotopic (exact) mass is 384 g/mol.